The zero-order valence-corrected chi connectivity index (χ0v) is 13.6. The topological polar surface area (TPSA) is 49.8 Å². The minimum atomic E-state index is -4.64. The number of rotatable bonds is 4. The van der Waals surface area contributed by atoms with E-state index in [2.05, 4.69) is 20.6 Å². The fraction of sp³-hybridized carbons (Fsp3) is 0.111. The zero-order chi connectivity index (χ0) is 18.7. The minimum Gasteiger partial charge on any atom is -0.340 e. The summed E-state index contributed by atoms with van der Waals surface area (Å²) in [5.74, 6) is -0.900. The number of para-hydroxylation sites is 1. The second-order valence-corrected chi connectivity index (χ2v) is 5.53. The molecule has 3 rings (SSSR count). The molecular formula is C18H14F4N4. The number of benzene rings is 2. The van der Waals surface area contributed by atoms with Crippen molar-refractivity contribution >= 4 is 23.1 Å². The zero-order valence-electron chi connectivity index (χ0n) is 13.6. The maximum absolute atomic E-state index is 13.2. The van der Waals surface area contributed by atoms with E-state index < -0.39 is 23.4 Å². The van der Waals surface area contributed by atoms with Crippen molar-refractivity contribution in [1.29, 1.82) is 0 Å². The van der Waals surface area contributed by atoms with Crippen molar-refractivity contribution in [3.8, 4) is 0 Å². The smallest absolute Gasteiger partial charge is 0.340 e. The molecule has 0 unspecified atom stereocenters. The first-order valence-corrected chi connectivity index (χ1v) is 7.62. The van der Waals surface area contributed by atoms with Gasteiger partial charge in [-0.1, -0.05) is 18.2 Å². The van der Waals surface area contributed by atoms with Crippen LogP contribution in [0.25, 0.3) is 0 Å². The van der Waals surface area contributed by atoms with Crippen molar-refractivity contribution in [2.45, 2.75) is 13.1 Å². The third kappa shape index (κ3) is 4.08. The van der Waals surface area contributed by atoms with E-state index in [1.54, 1.807) is 12.1 Å². The van der Waals surface area contributed by atoms with Gasteiger partial charge in [-0.15, -0.1) is 0 Å². The second kappa shape index (κ2) is 6.99. The van der Waals surface area contributed by atoms with Crippen molar-refractivity contribution < 1.29 is 17.6 Å². The van der Waals surface area contributed by atoms with Crippen LogP contribution in [0.2, 0.25) is 0 Å². The number of aryl methyl sites for hydroxylation is 1. The number of aromatic nitrogens is 2. The summed E-state index contributed by atoms with van der Waals surface area (Å²) >= 11 is 0. The predicted octanol–water partition coefficient (Wildman–Crippen LogP) is 5.43. The van der Waals surface area contributed by atoms with E-state index in [1.807, 2.05) is 19.1 Å². The van der Waals surface area contributed by atoms with E-state index >= 15 is 0 Å². The lowest BCUT2D eigenvalue weighted by molar-refractivity contribution is -0.137. The molecule has 3 aromatic rings. The van der Waals surface area contributed by atoms with Crippen LogP contribution >= 0.6 is 0 Å². The molecule has 0 aliphatic rings. The molecule has 1 aromatic heterocycles. The minimum absolute atomic E-state index is 0.0110. The van der Waals surface area contributed by atoms with E-state index in [0.29, 0.717) is 11.9 Å². The lowest BCUT2D eigenvalue weighted by Gasteiger charge is -2.15. The third-order valence-electron chi connectivity index (χ3n) is 3.59. The highest BCUT2D eigenvalue weighted by Crippen LogP contribution is 2.35. The van der Waals surface area contributed by atoms with E-state index in [1.165, 1.54) is 12.1 Å². The van der Waals surface area contributed by atoms with E-state index in [9.17, 15) is 17.6 Å². The van der Waals surface area contributed by atoms with Crippen LogP contribution in [0.4, 0.5) is 40.7 Å². The molecule has 0 saturated heterocycles. The van der Waals surface area contributed by atoms with Gasteiger partial charge in [-0.25, -0.2) is 9.37 Å². The van der Waals surface area contributed by atoms with Gasteiger partial charge in [-0.2, -0.15) is 18.2 Å². The lowest BCUT2D eigenvalue weighted by Crippen LogP contribution is -2.12. The summed E-state index contributed by atoms with van der Waals surface area (Å²) in [6.07, 6.45) is -3.93. The Morgan fingerprint density at radius 1 is 0.923 bits per heavy atom. The molecule has 1 heterocycles. The van der Waals surface area contributed by atoms with Crippen LogP contribution in [0.15, 0.2) is 54.7 Å². The van der Waals surface area contributed by atoms with Gasteiger partial charge in [0.05, 0.1) is 0 Å². The second-order valence-electron chi connectivity index (χ2n) is 5.53. The molecule has 0 atom stereocenters. The van der Waals surface area contributed by atoms with Crippen LogP contribution in [0.3, 0.4) is 0 Å². The van der Waals surface area contributed by atoms with Crippen molar-refractivity contribution in [1.82, 2.24) is 9.97 Å². The van der Waals surface area contributed by atoms with Gasteiger partial charge in [0.2, 0.25) is 5.95 Å². The first-order chi connectivity index (χ1) is 12.3. The monoisotopic (exact) mass is 362 g/mol. The summed E-state index contributed by atoms with van der Waals surface area (Å²) in [5.41, 5.74) is 0.832. The van der Waals surface area contributed by atoms with Gasteiger partial charge in [0.15, 0.2) is 0 Å². The molecule has 26 heavy (non-hydrogen) atoms. The summed E-state index contributed by atoms with van der Waals surface area (Å²) in [6, 6.07) is 12.2. The molecule has 0 fully saturated rings. The van der Waals surface area contributed by atoms with E-state index in [-0.39, 0.29) is 11.6 Å². The van der Waals surface area contributed by atoms with Crippen LogP contribution in [0, 0.1) is 12.7 Å². The van der Waals surface area contributed by atoms with E-state index in [4.69, 9.17) is 0 Å². The van der Waals surface area contributed by atoms with Crippen LogP contribution in [-0.4, -0.2) is 9.97 Å². The lowest BCUT2D eigenvalue weighted by atomic mass is 10.2. The summed E-state index contributed by atoms with van der Waals surface area (Å²) in [4.78, 5) is 7.70. The molecule has 0 aliphatic heterocycles. The highest BCUT2D eigenvalue weighted by molar-refractivity contribution is 5.63. The third-order valence-corrected chi connectivity index (χ3v) is 3.59. The van der Waals surface area contributed by atoms with E-state index in [0.717, 1.165) is 17.7 Å². The van der Waals surface area contributed by atoms with Gasteiger partial charge in [0, 0.05) is 17.6 Å². The molecular weight excluding hydrogens is 348 g/mol. The Morgan fingerprint density at radius 2 is 1.62 bits per heavy atom. The fourth-order valence-electron chi connectivity index (χ4n) is 2.25. The Labute approximate surface area is 146 Å². The molecule has 0 amide bonds. The number of nitrogens with one attached hydrogen (secondary N) is 2. The normalized spacial score (nSPS) is 11.3. The van der Waals surface area contributed by atoms with Crippen LogP contribution in [0.1, 0.15) is 11.1 Å². The molecule has 0 saturated carbocycles. The summed E-state index contributed by atoms with van der Waals surface area (Å²) in [5, 5.41) is 5.47. The van der Waals surface area contributed by atoms with Crippen LogP contribution in [0.5, 0.6) is 0 Å². The molecule has 4 nitrogen and oxygen atoms in total. The molecule has 0 radical (unpaired) electrons. The standard InChI is InChI=1S/C18H14F4N4/c1-11-4-2-3-5-15(11)25-17-23-10-14(18(20,21)22)16(26-17)24-13-8-6-12(19)7-9-13/h2-10H,1H3,(H2,23,24,25,26). The quantitative estimate of drug-likeness (QED) is 0.608. The number of alkyl halides is 3. The van der Waals surface area contributed by atoms with Crippen LogP contribution in [-0.2, 0) is 6.18 Å². The van der Waals surface area contributed by atoms with Gasteiger partial charge in [0.25, 0.3) is 0 Å². The molecule has 0 aliphatic carbocycles. The van der Waals surface area contributed by atoms with Crippen molar-refractivity contribution in [3.05, 3.63) is 71.7 Å². The highest BCUT2D eigenvalue weighted by Gasteiger charge is 2.35. The number of nitrogens with zero attached hydrogens (tertiary/aromatic N) is 2. The van der Waals surface area contributed by atoms with Crippen molar-refractivity contribution in [2.75, 3.05) is 10.6 Å². The Balaban J connectivity index is 1.96. The summed E-state index contributed by atoms with van der Waals surface area (Å²) in [6.45, 7) is 1.85. The predicted molar refractivity (Wildman–Crippen MR) is 91.2 cm³/mol. The maximum Gasteiger partial charge on any atom is 0.421 e. The Bertz CT molecular complexity index is 908. The molecule has 134 valence electrons. The number of halogens is 4. The molecule has 2 aromatic carbocycles. The molecule has 8 heteroatoms. The van der Waals surface area contributed by atoms with Crippen molar-refractivity contribution in [3.63, 3.8) is 0 Å². The fourth-order valence-corrected chi connectivity index (χ4v) is 2.25. The number of anilines is 4. The van der Waals surface area contributed by atoms with Gasteiger partial charge in [-0.3, -0.25) is 0 Å². The summed E-state index contributed by atoms with van der Waals surface area (Å²) < 4.78 is 52.7. The van der Waals surface area contributed by atoms with Crippen molar-refractivity contribution in [2.24, 2.45) is 0 Å². The first kappa shape index (κ1) is 17.7. The number of hydrogen-bond donors (Lipinski definition) is 2. The number of hydrogen-bond acceptors (Lipinski definition) is 4. The van der Waals surface area contributed by atoms with Gasteiger partial charge < -0.3 is 10.6 Å². The Hall–Kier alpha value is -3.16. The van der Waals surface area contributed by atoms with Crippen LogP contribution < -0.4 is 10.6 Å². The molecule has 0 spiro atoms. The first-order valence-electron chi connectivity index (χ1n) is 7.62. The molecule has 2 N–H and O–H groups in total. The largest absolute Gasteiger partial charge is 0.421 e. The SMILES string of the molecule is Cc1ccccc1Nc1ncc(C(F)(F)F)c(Nc2ccc(F)cc2)n1. The van der Waals surface area contributed by atoms with Gasteiger partial charge in [0.1, 0.15) is 17.2 Å². The highest BCUT2D eigenvalue weighted by atomic mass is 19.4. The Kier molecular flexibility index (Phi) is 4.75. The van der Waals surface area contributed by atoms with Gasteiger partial charge in [-0.05, 0) is 42.8 Å². The average molecular weight is 362 g/mol. The maximum atomic E-state index is 13.2. The van der Waals surface area contributed by atoms with Gasteiger partial charge >= 0.3 is 6.18 Å². The Morgan fingerprint density at radius 3 is 2.27 bits per heavy atom. The summed E-state index contributed by atoms with van der Waals surface area (Å²) in [7, 11) is 0. The molecule has 0 bridgehead atoms. The average Bonchev–Trinajstić information content (AvgIpc) is 2.58.